The number of allylic oxidation sites excluding steroid dienone is 1. The number of nitrogens with zero attached hydrogens (tertiary/aromatic N) is 5. The molecule has 0 saturated carbocycles. The third-order valence-electron chi connectivity index (χ3n) is 5.44. The molecule has 0 atom stereocenters. The van der Waals surface area contributed by atoms with Gasteiger partial charge in [-0.1, -0.05) is 25.1 Å². The number of halogens is 3. The molecule has 2 rings (SSSR count). The van der Waals surface area contributed by atoms with Crippen LogP contribution in [0.4, 0.5) is 19.0 Å². The maximum atomic E-state index is 12.2. The Morgan fingerprint density at radius 3 is 2.15 bits per heavy atom. The first kappa shape index (κ1) is 34.4. The summed E-state index contributed by atoms with van der Waals surface area (Å²) in [5.74, 6) is 1.02. The number of aromatic nitrogens is 1. The lowest BCUT2D eigenvalue weighted by Gasteiger charge is -2.19. The summed E-state index contributed by atoms with van der Waals surface area (Å²) in [6.07, 6.45) is 1.27. The zero-order valence-corrected chi connectivity index (χ0v) is 24.8. The fraction of sp³-hybridized carbons (Fsp3) is 0.433. The summed E-state index contributed by atoms with van der Waals surface area (Å²) in [5, 5.41) is 0. The molecule has 0 amide bonds. The van der Waals surface area contributed by atoms with E-state index in [-0.39, 0.29) is 11.6 Å². The van der Waals surface area contributed by atoms with Crippen LogP contribution in [0.25, 0.3) is 5.70 Å². The van der Waals surface area contributed by atoms with Gasteiger partial charge in [0.2, 0.25) is 5.90 Å². The van der Waals surface area contributed by atoms with Gasteiger partial charge in [-0.3, -0.25) is 4.99 Å². The zero-order chi connectivity index (χ0) is 30.3. The third-order valence-corrected chi connectivity index (χ3v) is 5.44. The lowest BCUT2D eigenvalue weighted by Crippen LogP contribution is -2.23. The van der Waals surface area contributed by atoms with E-state index in [9.17, 15) is 13.2 Å². The highest BCUT2D eigenvalue weighted by atomic mass is 19.4. The Bertz CT molecular complexity index is 1140. The Labute approximate surface area is 236 Å². The first-order valence-electron chi connectivity index (χ1n) is 12.9. The van der Waals surface area contributed by atoms with Crippen LogP contribution in [0, 0.1) is 0 Å². The highest BCUT2D eigenvalue weighted by Gasteiger charge is 2.31. The highest BCUT2D eigenvalue weighted by molar-refractivity contribution is 6.44. The number of hydrogen-bond acceptors (Lipinski definition) is 7. The van der Waals surface area contributed by atoms with Crippen molar-refractivity contribution < 1.29 is 22.6 Å². The first-order chi connectivity index (χ1) is 18.8. The van der Waals surface area contributed by atoms with Crippen LogP contribution in [0.5, 0.6) is 5.75 Å². The monoisotopic (exact) mass is 561 g/mol. The van der Waals surface area contributed by atoms with Gasteiger partial charge in [-0.2, -0.15) is 0 Å². The van der Waals surface area contributed by atoms with E-state index in [4.69, 9.17) is 4.74 Å². The Hall–Kier alpha value is -3.66. The fourth-order valence-corrected chi connectivity index (χ4v) is 3.33. The highest BCUT2D eigenvalue weighted by Crippen LogP contribution is 2.24. The molecular formula is C30H42F3N5O2. The number of ether oxygens (including phenoxy) is 2. The Morgan fingerprint density at radius 2 is 1.70 bits per heavy atom. The molecule has 0 N–H and O–H groups in total. The minimum absolute atomic E-state index is 0.263. The van der Waals surface area contributed by atoms with Crippen molar-refractivity contribution in [3.63, 3.8) is 0 Å². The predicted octanol–water partition coefficient (Wildman–Crippen LogP) is 6.67. The number of aliphatic imine (C=N–C) groups is 2. The van der Waals surface area contributed by atoms with Crippen LogP contribution in [0.3, 0.4) is 0 Å². The number of benzene rings is 1. The van der Waals surface area contributed by atoms with Crippen LogP contribution in [0.1, 0.15) is 38.3 Å². The summed E-state index contributed by atoms with van der Waals surface area (Å²) >= 11 is 0. The standard InChI is InChI=1S/C17H19F3N2O2.C13H23N3/c1-11(2)10-15(21-4)16(23-5)22-12(3)13-6-8-14(9-7-13)24-17(18,19)20;1-5-12-7-8-13(14-11-12)16(4)10-6-9-15(2)3/h6-10H,3H2,1-2,4-5H3;7-8,11H,5-6,9-10H2,1-4H3. The molecule has 7 nitrogen and oxygen atoms in total. The van der Waals surface area contributed by atoms with Crippen LogP contribution in [0.15, 0.2) is 70.8 Å². The molecule has 0 unspecified atom stereocenters. The summed E-state index contributed by atoms with van der Waals surface area (Å²) in [6, 6.07) is 9.52. The van der Waals surface area contributed by atoms with Crippen molar-refractivity contribution in [3.8, 4) is 5.75 Å². The molecule has 0 aliphatic carbocycles. The normalized spacial score (nSPS) is 11.9. The molecule has 10 heteroatoms. The Morgan fingerprint density at radius 1 is 1.05 bits per heavy atom. The Kier molecular flexibility index (Phi) is 14.7. The van der Waals surface area contributed by atoms with Gasteiger partial charge in [-0.15, -0.1) is 13.2 Å². The molecule has 40 heavy (non-hydrogen) atoms. The van der Waals surface area contributed by atoms with Crippen molar-refractivity contribution in [2.45, 2.75) is 40.0 Å². The maximum Gasteiger partial charge on any atom is 0.573 e. The van der Waals surface area contributed by atoms with Crippen molar-refractivity contribution >= 4 is 23.1 Å². The lowest BCUT2D eigenvalue weighted by molar-refractivity contribution is -0.274. The predicted molar refractivity (Wildman–Crippen MR) is 159 cm³/mol. The van der Waals surface area contributed by atoms with Gasteiger partial charge in [0.05, 0.1) is 12.8 Å². The van der Waals surface area contributed by atoms with Crippen molar-refractivity contribution in [3.05, 3.63) is 72.0 Å². The molecule has 0 aliphatic heterocycles. The number of pyridine rings is 1. The van der Waals surface area contributed by atoms with Crippen molar-refractivity contribution in [1.82, 2.24) is 9.88 Å². The second kappa shape index (κ2) is 17.1. The van der Waals surface area contributed by atoms with Gasteiger partial charge in [-0.05, 0) is 94.9 Å². The SMILES string of the molecule is C=C(N=C(OC)C(C=C(C)C)=NC)c1ccc(OC(F)(F)F)cc1.CCc1ccc(N(C)CCCN(C)C)nc1. The number of aryl methyl sites for hydroxylation is 1. The van der Waals surface area contributed by atoms with E-state index in [1.165, 1.54) is 43.4 Å². The lowest BCUT2D eigenvalue weighted by atomic mass is 10.1. The quantitative estimate of drug-likeness (QED) is 0.227. The molecule has 0 spiro atoms. The summed E-state index contributed by atoms with van der Waals surface area (Å²) in [7, 11) is 9.37. The molecule has 0 aliphatic rings. The van der Waals surface area contributed by atoms with Gasteiger partial charge in [0.25, 0.3) is 0 Å². The van der Waals surface area contributed by atoms with Crippen LogP contribution >= 0.6 is 0 Å². The molecule has 1 aromatic heterocycles. The van der Waals surface area contributed by atoms with Crippen molar-refractivity contribution in [2.24, 2.45) is 9.98 Å². The summed E-state index contributed by atoms with van der Waals surface area (Å²) in [4.78, 5) is 17.2. The molecular weight excluding hydrogens is 519 g/mol. The fourth-order valence-electron chi connectivity index (χ4n) is 3.33. The second-order valence-corrected chi connectivity index (χ2v) is 9.43. The van der Waals surface area contributed by atoms with Crippen LogP contribution in [-0.2, 0) is 11.2 Å². The first-order valence-corrected chi connectivity index (χ1v) is 12.9. The summed E-state index contributed by atoms with van der Waals surface area (Å²) in [5.41, 5.74) is 3.71. The molecule has 1 heterocycles. The second-order valence-electron chi connectivity index (χ2n) is 9.43. The van der Waals surface area contributed by atoms with E-state index in [0.717, 1.165) is 30.9 Å². The zero-order valence-electron chi connectivity index (χ0n) is 24.8. The van der Waals surface area contributed by atoms with Gasteiger partial charge in [0, 0.05) is 26.8 Å². The van der Waals surface area contributed by atoms with Gasteiger partial charge < -0.3 is 19.3 Å². The van der Waals surface area contributed by atoms with Gasteiger partial charge >= 0.3 is 6.36 Å². The Balaban J connectivity index is 0.000000433. The van der Waals surface area contributed by atoms with E-state index in [1.807, 2.05) is 20.0 Å². The molecule has 0 saturated heterocycles. The molecule has 0 radical (unpaired) electrons. The smallest absolute Gasteiger partial charge is 0.479 e. The van der Waals surface area contributed by atoms with Crippen LogP contribution < -0.4 is 9.64 Å². The summed E-state index contributed by atoms with van der Waals surface area (Å²) in [6.45, 7) is 12.0. The van der Waals surface area contributed by atoms with Crippen molar-refractivity contribution in [2.75, 3.05) is 53.3 Å². The van der Waals surface area contributed by atoms with E-state index < -0.39 is 6.36 Å². The van der Waals surface area contributed by atoms with E-state index in [2.05, 4.69) is 76.3 Å². The van der Waals surface area contributed by atoms with E-state index in [0.29, 0.717) is 17.0 Å². The van der Waals surface area contributed by atoms with Gasteiger partial charge in [0.1, 0.15) is 17.3 Å². The average molecular weight is 562 g/mol. The van der Waals surface area contributed by atoms with Crippen molar-refractivity contribution in [1.29, 1.82) is 0 Å². The molecule has 0 bridgehead atoms. The number of alkyl halides is 3. The number of methoxy groups -OCH3 is 1. The van der Waals surface area contributed by atoms with Crippen LogP contribution in [0.2, 0.25) is 0 Å². The van der Waals surface area contributed by atoms with E-state index >= 15 is 0 Å². The maximum absolute atomic E-state index is 12.2. The topological polar surface area (TPSA) is 62.6 Å². The average Bonchev–Trinajstić information content (AvgIpc) is 2.90. The summed E-state index contributed by atoms with van der Waals surface area (Å²) < 4.78 is 45.5. The van der Waals surface area contributed by atoms with Gasteiger partial charge in [-0.25, -0.2) is 9.98 Å². The molecule has 2 aromatic rings. The molecule has 0 fully saturated rings. The molecule has 1 aromatic carbocycles. The minimum atomic E-state index is -4.73. The number of hydrogen-bond donors (Lipinski definition) is 0. The number of rotatable bonds is 11. The van der Waals surface area contributed by atoms with Gasteiger partial charge in [0.15, 0.2) is 0 Å². The molecule has 220 valence electrons. The minimum Gasteiger partial charge on any atom is -0.479 e. The largest absolute Gasteiger partial charge is 0.573 e. The third kappa shape index (κ3) is 13.4. The van der Waals surface area contributed by atoms with E-state index in [1.54, 1.807) is 13.1 Å². The van der Waals surface area contributed by atoms with Crippen LogP contribution in [-0.4, -0.2) is 76.2 Å². The number of anilines is 1.